The van der Waals surface area contributed by atoms with Crippen LogP contribution in [-0.2, 0) is 19.6 Å². The summed E-state index contributed by atoms with van der Waals surface area (Å²) >= 11 is 0. The van der Waals surface area contributed by atoms with E-state index in [0.717, 1.165) is 36.8 Å². The number of benzene rings is 1. The van der Waals surface area contributed by atoms with Gasteiger partial charge in [0.15, 0.2) is 0 Å². The molecule has 190 valence electrons. The normalized spacial score (nSPS) is 27.0. The van der Waals surface area contributed by atoms with E-state index in [1.807, 2.05) is 30.3 Å². The molecule has 8 heteroatoms. The van der Waals surface area contributed by atoms with E-state index in [1.165, 1.54) is 38.5 Å². The van der Waals surface area contributed by atoms with Crippen molar-refractivity contribution < 1.29 is 27.9 Å². The van der Waals surface area contributed by atoms with E-state index in [-0.39, 0.29) is 5.48 Å². The van der Waals surface area contributed by atoms with Crippen molar-refractivity contribution >= 4 is 23.6 Å². The summed E-state index contributed by atoms with van der Waals surface area (Å²) in [5.74, 6) is 0.627. The molecule has 3 aliphatic rings. The lowest BCUT2D eigenvalue weighted by Crippen LogP contribution is -2.52. The van der Waals surface area contributed by atoms with Gasteiger partial charge in [-0.25, -0.2) is 0 Å². The first-order chi connectivity index (χ1) is 15.9. The predicted molar refractivity (Wildman–Crippen MR) is 139 cm³/mol. The fraction of sp³-hybridized carbons (Fsp3) is 0.615. The van der Waals surface area contributed by atoms with Gasteiger partial charge in [0.2, 0.25) is 0 Å². The molecule has 0 bridgehead atoms. The van der Waals surface area contributed by atoms with Gasteiger partial charge in [0.25, 0.3) is 10.1 Å². The molecular weight excluding hydrogens is 471 g/mol. The quantitative estimate of drug-likeness (QED) is 0.383. The molecular formula is C26H39O6PS. The lowest BCUT2D eigenvalue weighted by atomic mass is 9.92. The van der Waals surface area contributed by atoms with Gasteiger partial charge in [-0.3, -0.25) is 4.55 Å². The number of ether oxygens (including phenoxy) is 2. The van der Waals surface area contributed by atoms with Crippen LogP contribution < -0.4 is 0 Å². The SMILES string of the molecule is COC1=C(c2ccccc2)C(OC)(P(C2CCCCC2)C2CCCCC2)C(S(=O)(=O)O)C=C1.O. The average Bonchev–Trinajstić information content (AvgIpc) is 2.84. The Bertz CT molecular complexity index is 946. The largest absolute Gasteiger partial charge is 0.496 e. The molecule has 0 heterocycles. The van der Waals surface area contributed by atoms with E-state index in [2.05, 4.69) is 0 Å². The minimum Gasteiger partial charge on any atom is -0.496 e. The molecule has 34 heavy (non-hydrogen) atoms. The monoisotopic (exact) mass is 510 g/mol. The standard InChI is InChI=1S/C26H37O5PS.H2O/c1-30-23-18-19-24(33(27,28)29)26(31-2,25(23)20-12-6-3-7-13-20)32(21-14-8-4-9-15-21)22-16-10-5-11-17-22;/h3,6-7,12-13,18-19,21-22,24H,4-5,8-11,14-17H2,1-2H3,(H,27,28,29);1H2. The van der Waals surface area contributed by atoms with Gasteiger partial charge in [-0.2, -0.15) is 8.42 Å². The number of rotatable bonds is 7. The first-order valence-corrected chi connectivity index (χ1v) is 15.2. The van der Waals surface area contributed by atoms with Crippen molar-refractivity contribution in [2.75, 3.05) is 14.2 Å². The van der Waals surface area contributed by atoms with E-state index in [1.54, 1.807) is 26.4 Å². The predicted octanol–water partition coefficient (Wildman–Crippen LogP) is 5.54. The second kappa shape index (κ2) is 11.7. The highest BCUT2D eigenvalue weighted by atomic mass is 32.2. The Hall–Kier alpha value is -1.24. The van der Waals surface area contributed by atoms with Crippen LogP contribution >= 0.6 is 7.92 Å². The molecule has 0 aromatic heterocycles. The zero-order chi connectivity index (χ0) is 23.5. The molecule has 3 aliphatic carbocycles. The Kier molecular flexibility index (Phi) is 9.38. The van der Waals surface area contributed by atoms with Crippen molar-refractivity contribution in [3.63, 3.8) is 0 Å². The zero-order valence-corrected chi connectivity index (χ0v) is 22.0. The Morgan fingerprint density at radius 3 is 1.88 bits per heavy atom. The van der Waals surface area contributed by atoms with Crippen LogP contribution in [-0.4, -0.2) is 54.6 Å². The number of hydrogen-bond acceptors (Lipinski definition) is 4. The van der Waals surface area contributed by atoms with E-state index >= 15 is 0 Å². The van der Waals surface area contributed by atoms with Gasteiger partial charge in [-0.15, -0.1) is 0 Å². The fourth-order valence-corrected chi connectivity index (χ4v) is 12.6. The van der Waals surface area contributed by atoms with Crippen LogP contribution in [0.3, 0.4) is 0 Å². The van der Waals surface area contributed by atoms with Crippen LogP contribution in [0.15, 0.2) is 48.2 Å². The fourth-order valence-electron chi connectivity index (χ4n) is 6.29. The first-order valence-electron chi connectivity index (χ1n) is 12.3. The summed E-state index contributed by atoms with van der Waals surface area (Å²) in [6.07, 6.45) is 14.8. The number of methoxy groups -OCH3 is 2. The molecule has 1 aromatic carbocycles. The molecule has 0 amide bonds. The van der Waals surface area contributed by atoms with Crippen LogP contribution in [0.5, 0.6) is 0 Å². The molecule has 0 radical (unpaired) electrons. The molecule has 2 unspecified atom stereocenters. The van der Waals surface area contributed by atoms with Crippen molar-refractivity contribution in [2.45, 2.75) is 86.1 Å². The Morgan fingerprint density at radius 1 is 0.912 bits per heavy atom. The van der Waals surface area contributed by atoms with Crippen LogP contribution in [0.25, 0.3) is 5.57 Å². The first kappa shape index (κ1) is 27.3. The van der Waals surface area contributed by atoms with E-state index in [0.29, 0.717) is 17.1 Å². The molecule has 2 atom stereocenters. The third kappa shape index (κ3) is 5.15. The van der Waals surface area contributed by atoms with Crippen LogP contribution in [0.4, 0.5) is 0 Å². The smallest absolute Gasteiger partial charge is 0.275 e. The van der Waals surface area contributed by atoms with Crippen molar-refractivity contribution in [3.8, 4) is 0 Å². The molecule has 0 saturated heterocycles. The zero-order valence-electron chi connectivity index (χ0n) is 20.3. The second-order valence-corrected chi connectivity index (χ2v) is 14.0. The summed E-state index contributed by atoms with van der Waals surface area (Å²) in [5, 5.41) is -2.31. The molecule has 2 saturated carbocycles. The van der Waals surface area contributed by atoms with Gasteiger partial charge in [-0.1, -0.05) is 82.9 Å². The minimum atomic E-state index is -4.43. The topological polar surface area (TPSA) is 104 Å². The van der Waals surface area contributed by atoms with Gasteiger partial charge in [0.1, 0.15) is 16.4 Å². The Labute approximate surface area is 205 Å². The summed E-state index contributed by atoms with van der Waals surface area (Å²) in [6, 6.07) is 9.87. The summed E-state index contributed by atoms with van der Waals surface area (Å²) in [5.41, 5.74) is 2.49. The van der Waals surface area contributed by atoms with Gasteiger partial charge < -0.3 is 14.9 Å². The van der Waals surface area contributed by atoms with Crippen molar-refractivity contribution in [2.24, 2.45) is 0 Å². The summed E-state index contributed by atoms with van der Waals surface area (Å²) < 4.78 is 48.8. The van der Waals surface area contributed by atoms with E-state index in [9.17, 15) is 13.0 Å². The molecule has 1 aromatic rings. The summed E-state index contributed by atoms with van der Waals surface area (Å²) in [4.78, 5) is 0. The van der Waals surface area contributed by atoms with E-state index < -0.39 is 28.6 Å². The van der Waals surface area contributed by atoms with Gasteiger partial charge in [0.05, 0.1) is 7.11 Å². The van der Waals surface area contributed by atoms with Crippen molar-refractivity contribution in [1.82, 2.24) is 0 Å². The summed E-state index contributed by atoms with van der Waals surface area (Å²) in [6.45, 7) is 0. The highest BCUT2D eigenvalue weighted by molar-refractivity contribution is 7.87. The third-order valence-corrected chi connectivity index (χ3v) is 13.0. The maximum absolute atomic E-state index is 13.0. The number of allylic oxidation sites excluding steroid dienone is 1. The average molecular weight is 511 g/mol. The second-order valence-electron chi connectivity index (χ2n) is 9.50. The van der Waals surface area contributed by atoms with Crippen LogP contribution in [0, 0.1) is 0 Å². The Balaban J connectivity index is 0.00000324. The molecule has 2 fully saturated rings. The lowest BCUT2D eigenvalue weighted by molar-refractivity contribution is 0.108. The highest BCUT2D eigenvalue weighted by Gasteiger charge is 2.59. The minimum absolute atomic E-state index is 0. The van der Waals surface area contributed by atoms with Gasteiger partial charge in [-0.05, 0) is 48.6 Å². The maximum atomic E-state index is 13.0. The van der Waals surface area contributed by atoms with Crippen LogP contribution in [0.1, 0.15) is 69.8 Å². The molecule has 3 N–H and O–H groups in total. The molecule has 6 nitrogen and oxygen atoms in total. The molecule has 4 rings (SSSR count). The number of hydrogen-bond donors (Lipinski definition) is 1. The third-order valence-electron chi connectivity index (χ3n) is 7.65. The lowest BCUT2D eigenvalue weighted by Gasteiger charge is -2.53. The highest BCUT2D eigenvalue weighted by Crippen LogP contribution is 2.70. The van der Waals surface area contributed by atoms with Crippen LogP contribution in [0.2, 0.25) is 0 Å². The maximum Gasteiger partial charge on any atom is 0.275 e. The van der Waals surface area contributed by atoms with E-state index in [4.69, 9.17) is 9.47 Å². The van der Waals surface area contributed by atoms with Crippen molar-refractivity contribution in [3.05, 3.63) is 53.8 Å². The summed E-state index contributed by atoms with van der Waals surface area (Å²) in [7, 11) is -2.12. The van der Waals surface area contributed by atoms with Gasteiger partial charge in [0, 0.05) is 12.7 Å². The Morgan fingerprint density at radius 2 is 1.44 bits per heavy atom. The van der Waals surface area contributed by atoms with Gasteiger partial charge >= 0.3 is 0 Å². The molecule has 0 aliphatic heterocycles. The van der Waals surface area contributed by atoms with Crippen molar-refractivity contribution in [1.29, 1.82) is 0 Å². The molecule has 0 spiro atoms.